The number of aliphatic hydroxyl groups is 1. The summed E-state index contributed by atoms with van der Waals surface area (Å²) >= 11 is 0. The maximum absolute atomic E-state index is 11.7. The summed E-state index contributed by atoms with van der Waals surface area (Å²) < 4.78 is 16.1. The summed E-state index contributed by atoms with van der Waals surface area (Å²) in [4.78, 5) is 10.4. The largest absolute Gasteiger partial charge is 0.463 e. The third-order valence-corrected chi connectivity index (χ3v) is 1.33. The highest BCUT2D eigenvalue weighted by molar-refractivity contribution is 5.75. The predicted molar refractivity (Wildman–Crippen MR) is 26.4 cm³/mol. The average molecular weight is 134 g/mol. The Bertz CT molecular complexity index is 125. The van der Waals surface area contributed by atoms with Crippen molar-refractivity contribution >= 4 is 5.97 Å². The van der Waals surface area contributed by atoms with Gasteiger partial charge in [0.1, 0.15) is 25.3 Å². The summed E-state index contributed by atoms with van der Waals surface area (Å²) in [6.07, 6.45) is -0.942. The molecule has 0 bridgehead atoms. The van der Waals surface area contributed by atoms with Crippen LogP contribution in [-0.2, 0) is 9.53 Å². The molecule has 0 aromatic heterocycles. The zero-order valence-corrected chi connectivity index (χ0v) is 4.71. The molecule has 0 aliphatic carbocycles. The molecule has 1 fully saturated rings. The first kappa shape index (κ1) is 6.48. The Balaban J connectivity index is 2.55. The monoisotopic (exact) mass is 134 g/mol. The van der Waals surface area contributed by atoms with E-state index in [1.54, 1.807) is 0 Å². The molecule has 0 aromatic carbocycles. The molecule has 0 spiro atoms. The topological polar surface area (TPSA) is 46.5 Å². The number of carbonyl (C=O) groups excluding carboxylic acids is 1. The highest BCUT2D eigenvalue weighted by Crippen LogP contribution is 2.14. The van der Waals surface area contributed by atoms with E-state index in [2.05, 4.69) is 4.74 Å². The number of hydrogen-bond donors (Lipinski definition) is 1. The Labute approximate surface area is 51.4 Å². The van der Waals surface area contributed by atoms with E-state index in [9.17, 15) is 9.18 Å². The third kappa shape index (κ3) is 1.03. The maximum atomic E-state index is 11.7. The van der Waals surface area contributed by atoms with Gasteiger partial charge in [-0.1, -0.05) is 0 Å². The van der Waals surface area contributed by atoms with Crippen LogP contribution in [0, 0.1) is 5.92 Å². The second-order valence-corrected chi connectivity index (χ2v) is 1.96. The molecule has 2 atom stereocenters. The smallest absolute Gasteiger partial charge is 0.314 e. The van der Waals surface area contributed by atoms with Gasteiger partial charge in [0.15, 0.2) is 0 Å². The predicted octanol–water partition coefficient (Wildman–Crippen LogP) is -0.510. The van der Waals surface area contributed by atoms with Crippen molar-refractivity contribution in [1.82, 2.24) is 0 Å². The van der Waals surface area contributed by atoms with Gasteiger partial charge in [-0.25, -0.2) is 0 Å². The number of carbonyl (C=O) groups is 1. The van der Waals surface area contributed by atoms with Gasteiger partial charge in [-0.05, 0) is 0 Å². The van der Waals surface area contributed by atoms with E-state index in [4.69, 9.17) is 5.11 Å². The van der Waals surface area contributed by atoms with Crippen LogP contribution >= 0.6 is 0 Å². The van der Waals surface area contributed by atoms with Crippen molar-refractivity contribution in [2.24, 2.45) is 5.92 Å². The van der Waals surface area contributed by atoms with Crippen LogP contribution in [0.5, 0.6) is 0 Å². The highest BCUT2D eigenvalue weighted by atomic mass is 19.1. The van der Waals surface area contributed by atoms with Crippen LogP contribution in [0.2, 0.25) is 0 Å². The zero-order valence-electron chi connectivity index (χ0n) is 4.71. The summed E-state index contributed by atoms with van der Waals surface area (Å²) in [5.74, 6) is -1.57. The fourth-order valence-corrected chi connectivity index (χ4v) is 0.714. The number of hydrogen-bond acceptors (Lipinski definition) is 3. The lowest BCUT2D eigenvalue weighted by Gasteiger charge is -2.01. The quantitative estimate of drug-likeness (QED) is 0.491. The second-order valence-electron chi connectivity index (χ2n) is 1.96. The number of rotatable bonds is 1. The Morgan fingerprint density at radius 2 is 2.56 bits per heavy atom. The average Bonchev–Trinajstić information content (AvgIpc) is 2.12. The lowest BCUT2D eigenvalue weighted by molar-refractivity contribution is -0.141. The van der Waals surface area contributed by atoms with Gasteiger partial charge in [0, 0.05) is 0 Å². The lowest BCUT2D eigenvalue weighted by atomic mass is 10.1. The molecule has 0 aromatic rings. The van der Waals surface area contributed by atoms with Crippen LogP contribution in [0.25, 0.3) is 0 Å². The summed E-state index contributed by atoms with van der Waals surface area (Å²) in [5, 5.41) is 8.77. The van der Waals surface area contributed by atoms with E-state index in [1.165, 1.54) is 0 Å². The molecule has 0 saturated carbocycles. The summed E-state index contributed by atoms with van der Waals surface area (Å²) in [6, 6.07) is 0. The molecule has 1 N–H and O–H groups in total. The number of aliphatic hydroxyl groups excluding tert-OH is 1. The second kappa shape index (κ2) is 2.31. The normalized spacial score (nSPS) is 34.7. The Kier molecular flexibility index (Phi) is 1.66. The molecule has 2 unspecified atom stereocenters. The molecule has 9 heavy (non-hydrogen) atoms. The fraction of sp³-hybridized carbons (Fsp3) is 0.800. The maximum Gasteiger partial charge on any atom is 0.314 e. The van der Waals surface area contributed by atoms with Gasteiger partial charge < -0.3 is 9.84 Å². The van der Waals surface area contributed by atoms with E-state index < -0.39 is 24.7 Å². The van der Waals surface area contributed by atoms with Crippen molar-refractivity contribution in [3.63, 3.8) is 0 Å². The molecule has 3 nitrogen and oxygen atoms in total. The van der Waals surface area contributed by atoms with Gasteiger partial charge in [-0.15, -0.1) is 0 Å². The number of halogens is 1. The molecular weight excluding hydrogens is 127 g/mol. The van der Waals surface area contributed by atoms with Gasteiger partial charge in [-0.2, -0.15) is 0 Å². The van der Waals surface area contributed by atoms with Crippen LogP contribution in [0.1, 0.15) is 0 Å². The molecule has 1 aliphatic heterocycles. The highest BCUT2D eigenvalue weighted by Gasteiger charge is 2.35. The van der Waals surface area contributed by atoms with Crippen molar-refractivity contribution in [3.8, 4) is 0 Å². The molecule has 1 aliphatic rings. The molecule has 52 valence electrons. The van der Waals surface area contributed by atoms with Crippen LogP contribution in [0.4, 0.5) is 4.39 Å². The minimum atomic E-state index is -0.942. The van der Waals surface area contributed by atoms with Gasteiger partial charge in [0.05, 0.1) is 0 Å². The molecule has 1 rings (SSSR count). The SMILES string of the molecule is O=C1OCC(O)C1CF. The van der Waals surface area contributed by atoms with Crippen LogP contribution in [-0.4, -0.2) is 30.5 Å². The number of alkyl halides is 1. The fourth-order valence-electron chi connectivity index (χ4n) is 0.714. The molecule has 4 heteroatoms. The first-order chi connectivity index (χ1) is 4.25. The summed E-state index contributed by atoms with van der Waals surface area (Å²) in [6.45, 7) is -0.895. The van der Waals surface area contributed by atoms with E-state index >= 15 is 0 Å². The minimum Gasteiger partial charge on any atom is -0.463 e. The first-order valence-electron chi connectivity index (χ1n) is 2.66. The number of ether oxygens (including phenoxy) is 1. The molecule has 1 saturated heterocycles. The van der Waals surface area contributed by atoms with Gasteiger partial charge in [0.25, 0.3) is 0 Å². The summed E-state index contributed by atoms with van der Waals surface area (Å²) in [7, 11) is 0. The van der Waals surface area contributed by atoms with Gasteiger partial charge >= 0.3 is 5.97 Å². The van der Waals surface area contributed by atoms with Crippen molar-refractivity contribution in [3.05, 3.63) is 0 Å². The van der Waals surface area contributed by atoms with Crippen molar-refractivity contribution < 1.29 is 19.0 Å². The van der Waals surface area contributed by atoms with E-state index in [0.29, 0.717) is 0 Å². The molecule has 0 amide bonds. The number of esters is 1. The first-order valence-corrected chi connectivity index (χ1v) is 2.66. The standard InChI is InChI=1S/C5H7FO3/c6-1-3-4(7)2-9-5(3)8/h3-4,7H,1-2H2. The Hall–Kier alpha value is -0.640. The third-order valence-electron chi connectivity index (χ3n) is 1.33. The minimum absolute atomic E-state index is 0.0621. The zero-order chi connectivity index (χ0) is 6.85. The lowest BCUT2D eigenvalue weighted by Crippen LogP contribution is -2.22. The van der Waals surface area contributed by atoms with Crippen LogP contribution in [0.3, 0.4) is 0 Å². The van der Waals surface area contributed by atoms with E-state index in [0.717, 1.165) is 0 Å². The van der Waals surface area contributed by atoms with Gasteiger partial charge in [0.2, 0.25) is 0 Å². The van der Waals surface area contributed by atoms with Crippen molar-refractivity contribution in [2.45, 2.75) is 6.10 Å². The molecule has 1 heterocycles. The van der Waals surface area contributed by atoms with Crippen LogP contribution < -0.4 is 0 Å². The van der Waals surface area contributed by atoms with Gasteiger partial charge in [-0.3, -0.25) is 9.18 Å². The molecular formula is C5H7FO3. The Morgan fingerprint density at radius 1 is 1.89 bits per heavy atom. The van der Waals surface area contributed by atoms with Crippen molar-refractivity contribution in [1.29, 1.82) is 0 Å². The number of cyclic esters (lactones) is 1. The van der Waals surface area contributed by atoms with Crippen LogP contribution in [0.15, 0.2) is 0 Å². The summed E-state index contributed by atoms with van der Waals surface area (Å²) in [5.41, 5.74) is 0. The Morgan fingerprint density at radius 3 is 2.78 bits per heavy atom. The van der Waals surface area contributed by atoms with E-state index in [1.807, 2.05) is 0 Å². The van der Waals surface area contributed by atoms with E-state index in [-0.39, 0.29) is 6.61 Å². The van der Waals surface area contributed by atoms with Crippen molar-refractivity contribution in [2.75, 3.05) is 13.3 Å². The molecule has 0 radical (unpaired) electrons.